The molecule has 1 N–H and O–H groups in total. The largest absolute Gasteiger partial charge is 0.493 e. The van der Waals surface area contributed by atoms with Gasteiger partial charge in [-0.3, -0.25) is 4.68 Å². The molecule has 0 spiro atoms. The second-order valence-electron chi connectivity index (χ2n) is 5.04. The normalized spacial score (nSPS) is 17.3. The summed E-state index contributed by atoms with van der Waals surface area (Å²) in [5, 5.41) is 13.9. The van der Waals surface area contributed by atoms with Crippen molar-refractivity contribution in [1.82, 2.24) is 9.78 Å². The predicted molar refractivity (Wildman–Crippen MR) is 72.3 cm³/mol. The molecule has 0 aliphatic carbocycles. The molecule has 2 heterocycles. The number of ether oxygens (including phenoxy) is 1. The molecule has 0 amide bonds. The highest BCUT2D eigenvalue weighted by Gasteiger charge is 2.25. The Morgan fingerprint density at radius 1 is 1.37 bits per heavy atom. The Bertz CT molecular complexity index is 604. The lowest BCUT2D eigenvalue weighted by Gasteiger charge is -2.11. The molecule has 4 heteroatoms. The molecule has 0 saturated carbocycles. The molecule has 0 fully saturated rings. The average molecular weight is 258 g/mol. The van der Waals surface area contributed by atoms with Crippen LogP contribution in [0.4, 0.5) is 0 Å². The van der Waals surface area contributed by atoms with E-state index < -0.39 is 0 Å². The average Bonchev–Trinajstić information content (AvgIpc) is 2.93. The third-order valence-electron chi connectivity index (χ3n) is 3.88. The van der Waals surface area contributed by atoms with Crippen molar-refractivity contribution in [3.05, 3.63) is 46.8 Å². The Morgan fingerprint density at radius 2 is 2.16 bits per heavy atom. The molecular weight excluding hydrogens is 240 g/mol. The number of rotatable bonds is 3. The Morgan fingerprint density at radius 3 is 2.89 bits per heavy atom. The number of fused-ring (bicyclic) bond motifs is 1. The number of benzene rings is 1. The standard InChI is InChI=1S/C15H18N2O2/c1-10-14(8-18)11(2)17(16-10)7-12-9-19-15-6-4-3-5-13(12)15/h3-6,12,18H,7-9H2,1-2H3. The first-order valence-corrected chi connectivity index (χ1v) is 6.56. The van der Waals surface area contributed by atoms with Gasteiger partial charge in [0.25, 0.3) is 0 Å². The van der Waals surface area contributed by atoms with Crippen molar-refractivity contribution in [2.45, 2.75) is 32.9 Å². The highest BCUT2D eigenvalue weighted by molar-refractivity contribution is 5.39. The Labute approximate surface area is 112 Å². The van der Waals surface area contributed by atoms with Crippen LogP contribution >= 0.6 is 0 Å². The van der Waals surface area contributed by atoms with Gasteiger partial charge in [0.15, 0.2) is 0 Å². The van der Waals surface area contributed by atoms with E-state index in [1.807, 2.05) is 36.7 Å². The highest BCUT2D eigenvalue weighted by atomic mass is 16.5. The number of aliphatic hydroxyl groups is 1. The van der Waals surface area contributed by atoms with E-state index in [0.717, 1.165) is 29.2 Å². The lowest BCUT2D eigenvalue weighted by atomic mass is 10.0. The third-order valence-corrected chi connectivity index (χ3v) is 3.88. The second kappa shape index (κ2) is 4.70. The van der Waals surface area contributed by atoms with Gasteiger partial charge in [-0.05, 0) is 19.9 Å². The van der Waals surface area contributed by atoms with Gasteiger partial charge in [0.05, 0.1) is 25.5 Å². The minimum absolute atomic E-state index is 0.0510. The Kier molecular flexibility index (Phi) is 3.03. The number of nitrogens with zero attached hydrogens (tertiary/aromatic N) is 2. The van der Waals surface area contributed by atoms with Gasteiger partial charge in [0.2, 0.25) is 0 Å². The van der Waals surface area contributed by atoms with Crippen LogP contribution in [-0.4, -0.2) is 21.5 Å². The fraction of sp³-hybridized carbons (Fsp3) is 0.400. The minimum atomic E-state index is 0.0510. The van der Waals surface area contributed by atoms with Crippen molar-refractivity contribution in [3.63, 3.8) is 0 Å². The summed E-state index contributed by atoms with van der Waals surface area (Å²) in [5.41, 5.74) is 4.14. The maximum absolute atomic E-state index is 9.35. The van der Waals surface area contributed by atoms with E-state index in [9.17, 15) is 5.11 Å². The van der Waals surface area contributed by atoms with Crippen LogP contribution in [0.2, 0.25) is 0 Å². The fourth-order valence-corrected chi connectivity index (χ4v) is 2.73. The molecule has 0 radical (unpaired) electrons. The molecule has 2 aromatic rings. The van der Waals surface area contributed by atoms with Crippen LogP contribution < -0.4 is 4.74 Å². The van der Waals surface area contributed by atoms with Crippen LogP contribution in [0.5, 0.6) is 5.75 Å². The first-order chi connectivity index (χ1) is 9.20. The summed E-state index contributed by atoms with van der Waals surface area (Å²) in [5.74, 6) is 1.32. The van der Waals surface area contributed by atoms with E-state index in [1.165, 1.54) is 5.56 Å². The zero-order valence-corrected chi connectivity index (χ0v) is 11.3. The summed E-state index contributed by atoms with van der Waals surface area (Å²) in [7, 11) is 0. The highest BCUT2D eigenvalue weighted by Crippen LogP contribution is 2.34. The van der Waals surface area contributed by atoms with Gasteiger partial charge in [0, 0.05) is 22.7 Å². The van der Waals surface area contributed by atoms with Crippen LogP contribution in [0.3, 0.4) is 0 Å². The van der Waals surface area contributed by atoms with Crippen molar-refractivity contribution < 1.29 is 9.84 Å². The van der Waals surface area contributed by atoms with Crippen LogP contribution in [0.25, 0.3) is 0 Å². The van der Waals surface area contributed by atoms with E-state index >= 15 is 0 Å². The second-order valence-corrected chi connectivity index (χ2v) is 5.04. The van der Waals surface area contributed by atoms with E-state index in [-0.39, 0.29) is 6.61 Å². The fourth-order valence-electron chi connectivity index (χ4n) is 2.73. The van der Waals surface area contributed by atoms with Gasteiger partial charge in [0.1, 0.15) is 5.75 Å². The van der Waals surface area contributed by atoms with Crippen LogP contribution in [0.1, 0.15) is 28.4 Å². The van der Waals surface area contributed by atoms with Gasteiger partial charge < -0.3 is 9.84 Å². The zero-order valence-electron chi connectivity index (χ0n) is 11.3. The summed E-state index contributed by atoms with van der Waals surface area (Å²) in [6.45, 7) is 5.49. The van der Waals surface area contributed by atoms with Crippen molar-refractivity contribution >= 4 is 0 Å². The molecule has 3 rings (SSSR count). The van der Waals surface area contributed by atoms with E-state index in [4.69, 9.17) is 4.74 Å². The Hall–Kier alpha value is -1.81. The SMILES string of the molecule is Cc1nn(CC2COc3ccccc32)c(C)c1CO. The van der Waals surface area contributed by atoms with Crippen LogP contribution in [0, 0.1) is 13.8 Å². The van der Waals surface area contributed by atoms with Gasteiger partial charge >= 0.3 is 0 Å². The number of hydrogen-bond donors (Lipinski definition) is 1. The molecule has 1 aromatic carbocycles. The molecule has 1 atom stereocenters. The van der Waals surface area contributed by atoms with Crippen molar-refractivity contribution in [2.75, 3.05) is 6.61 Å². The lowest BCUT2D eigenvalue weighted by Crippen LogP contribution is -2.13. The number of aryl methyl sites for hydroxylation is 1. The van der Waals surface area contributed by atoms with Gasteiger partial charge in [-0.25, -0.2) is 0 Å². The number of hydrogen-bond acceptors (Lipinski definition) is 3. The van der Waals surface area contributed by atoms with E-state index in [1.54, 1.807) is 0 Å². The maximum Gasteiger partial charge on any atom is 0.122 e. The smallest absolute Gasteiger partial charge is 0.122 e. The Balaban J connectivity index is 1.88. The first kappa shape index (κ1) is 12.2. The topological polar surface area (TPSA) is 47.3 Å². The summed E-state index contributed by atoms with van der Waals surface area (Å²) in [4.78, 5) is 0. The van der Waals surface area contributed by atoms with Crippen molar-refractivity contribution in [3.8, 4) is 5.75 Å². The quantitative estimate of drug-likeness (QED) is 0.917. The zero-order chi connectivity index (χ0) is 13.4. The van der Waals surface area contributed by atoms with Crippen molar-refractivity contribution in [2.24, 2.45) is 0 Å². The monoisotopic (exact) mass is 258 g/mol. The van der Waals surface area contributed by atoms with Crippen molar-refractivity contribution in [1.29, 1.82) is 0 Å². The van der Waals surface area contributed by atoms with Gasteiger partial charge in [-0.2, -0.15) is 5.10 Å². The predicted octanol–water partition coefficient (Wildman–Crippen LogP) is 2.17. The lowest BCUT2D eigenvalue weighted by molar-refractivity contribution is 0.279. The molecule has 1 aliphatic rings. The van der Waals surface area contributed by atoms with Gasteiger partial charge in [-0.1, -0.05) is 18.2 Å². The minimum Gasteiger partial charge on any atom is -0.493 e. The molecule has 1 aliphatic heterocycles. The van der Waals surface area contributed by atoms with Crippen LogP contribution in [0.15, 0.2) is 24.3 Å². The number of aliphatic hydroxyl groups excluding tert-OH is 1. The summed E-state index contributed by atoms with van der Waals surface area (Å²) in [6, 6.07) is 8.16. The van der Waals surface area contributed by atoms with E-state index in [0.29, 0.717) is 12.5 Å². The molecule has 0 bridgehead atoms. The summed E-state index contributed by atoms with van der Waals surface area (Å²) >= 11 is 0. The molecular formula is C15H18N2O2. The van der Waals surface area contributed by atoms with E-state index in [2.05, 4.69) is 11.2 Å². The summed E-state index contributed by atoms with van der Waals surface area (Å²) in [6.07, 6.45) is 0. The van der Waals surface area contributed by atoms with Gasteiger partial charge in [-0.15, -0.1) is 0 Å². The molecule has 0 saturated heterocycles. The molecule has 100 valence electrons. The first-order valence-electron chi connectivity index (χ1n) is 6.56. The molecule has 1 aromatic heterocycles. The molecule has 19 heavy (non-hydrogen) atoms. The number of para-hydroxylation sites is 1. The van der Waals surface area contributed by atoms with Crippen LogP contribution in [-0.2, 0) is 13.2 Å². The molecule has 1 unspecified atom stereocenters. The third kappa shape index (κ3) is 2.02. The maximum atomic E-state index is 9.35. The summed E-state index contributed by atoms with van der Waals surface area (Å²) < 4.78 is 7.68. The molecule has 4 nitrogen and oxygen atoms in total. The number of aromatic nitrogens is 2.